The monoisotopic (exact) mass is 248 g/mol. The summed E-state index contributed by atoms with van der Waals surface area (Å²) in [7, 11) is 3.34. The molecule has 0 aliphatic carbocycles. The van der Waals surface area contributed by atoms with Crippen LogP contribution >= 0.6 is 0 Å². The number of methoxy groups -OCH3 is 1. The van der Waals surface area contributed by atoms with Crippen molar-refractivity contribution >= 4 is 5.78 Å². The van der Waals surface area contributed by atoms with Crippen LogP contribution in [0.4, 0.5) is 0 Å². The molecule has 0 aliphatic rings. The summed E-state index contributed by atoms with van der Waals surface area (Å²) >= 11 is 0. The number of ether oxygens (including phenoxy) is 1. The van der Waals surface area contributed by atoms with E-state index < -0.39 is 0 Å². The van der Waals surface area contributed by atoms with Crippen LogP contribution < -0.4 is 4.74 Å². The van der Waals surface area contributed by atoms with E-state index in [0.29, 0.717) is 17.1 Å². The van der Waals surface area contributed by atoms with Gasteiger partial charge in [-0.25, -0.2) is 4.98 Å². The summed E-state index contributed by atoms with van der Waals surface area (Å²) in [6, 6.07) is 0.0802. The van der Waals surface area contributed by atoms with E-state index in [-0.39, 0.29) is 11.8 Å². The van der Waals surface area contributed by atoms with E-state index in [1.54, 1.807) is 28.0 Å². The van der Waals surface area contributed by atoms with Crippen molar-refractivity contribution in [3.63, 3.8) is 0 Å². The number of aryl methyl sites for hydroxylation is 1. The van der Waals surface area contributed by atoms with Gasteiger partial charge in [-0.2, -0.15) is 5.10 Å². The second kappa shape index (κ2) is 4.64. The number of carbonyl (C=O) groups is 1. The fraction of sp³-hybridized carbons (Fsp3) is 0.417. The van der Waals surface area contributed by atoms with Crippen LogP contribution in [0, 0.1) is 0 Å². The van der Waals surface area contributed by atoms with E-state index in [4.69, 9.17) is 4.74 Å². The molecule has 0 N–H and O–H groups in total. The standard InChI is InChI=1S/C12H16N4O2/c1-8(2)16-11(10(18-4)5-14-16)12(17)9-6-15(3)7-13-9/h5-8H,1-4H3. The number of ketones is 1. The van der Waals surface area contributed by atoms with Crippen LogP contribution in [0.2, 0.25) is 0 Å². The number of imidazole rings is 1. The average molecular weight is 248 g/mol. The maximum Gasteiger partial charge on any atom is 0.234 e. The van der Waals surface area contributed by atoms with Crippen molar-refractivity contribution in [1.82, 2.24) is 19.3 Å². The van der Waals surface area contributed by atoms with Crippen LogP contribution in [0.3, 0.4) is 0 Å². The van der Waals surface area contributed by atoms with Crippen LogP contribution in [-0.2, 0) is 7.05 Å². The molecule has 0 radical (unpaired) electrons. The van der Waals surface area contributed by atoms with Gasteiger partial charge in [0.15, 0.2) is 11.4 Å². The molecule has 2 heterocycles. The number of hydrogen-bond acceptors (Lipinski definition) is 4. The molecule has 2 rings (SSSR count). The van der Waals surface area contributed by atoms with Gasteiger partial charge in [0, 0.05) is 19.3 Å². The zero-order valence-electron chi connectivity index (χ0n) is 10.9. The molecule has 0 atom stereocenters. The molecule has 0 saturated heterocycles. The highest BCUT2D eigenvalue weighted by atomic mass is 16.5. The van der Waals surface area contributed by atoms with E-state index in [1.165, 1.54) is 7.11 Å². The first-order valence-electron chi connectivity index (χ1n) is 5.68. The number of carbonyl (C=O) groups excluding carboxylic acids is 1. The topological polar surface area (TPSA) is 61.9 Å². The molecular formula is C12H16N4O2. The highest BCUT2D eigenvalue weighted by Crippen LogP contribution is 2.23. The Hall–Kier alpha value is -2.11. The highest BCUT2D eigenvalue weighted by molar-refractivity contribution is 6.08. The Morgan fingerprint density at radius 3 is 2.67 bits per heavy atom. The second-order valence-electron chi connectivity index (χ2n) is 4.35. The zero-order valence-corrected chi connectivity index (χ0v) is 10.9. The zero-order chi connectivity index (χ0) is 13.3. The molecule has 6 nitrogen and oxygen atoms in total. The van der Waals surface area contributed by atoms with Crippen molar-refractivity contribution < 1.29 is 9.53 Å². The maximum absolute atomic E-state index is 12.4. The van der Waals surface area contributed by atoms with Gasteiger partial charge in [0.05, 0.1) is 19.6 Å². The second-order valence-corrected chi connectivity index (χ2v) is 4.35. The molecule has 0 saturated carbocycles. The third kappa shape index (κ3) is 2.01. The number of hydrogen-bond donors (Lipinski definition) is 0. The summed E-state index contributed by atoms with van der Waals surface area (Å²) in [5, 5.41) is 4.18. The Bertz CT molecular complexity index is 568. The first-order valence-corrected chi connectivity index (χ1v) is 5.68. The molecule has 18 heavy (non-hydrogen) atoms. The smallest absolute Gasteiger partial charge is 0.234 e. The Kier molecular flexibility index (Phi) is 3.18. The lowest BCUT2D eigenvalue weighted by Gasteiger charge is -2.10. The van der Waals surface area contributed by atoms with Crippen LogP contribution in [0.25, 0.3) is 0 Å². The van der Waals surface area contributed by atoms with Gasteiger partial charge < -0.3 is 9.30 Å². The minimum atomic E-state index is -0.182. The van der Waals surface area contributed by atoms with Gasteiger partial charge in [-0.15, -0.1) is 0 Å². The molecule has 0 unspecified atom stereocenters. The van der Waals surface area contributed by atoms with Crippen molar-refractivity contribution in [2.45, 2.75) is 19.9 Å². The molecule has 0 fully saturated rings. The Balaban J connectivity index is 2.49. The van der Waals surface area contributed by atoms with Gasteiger partial charge in [-0.05, 0) is 13.8 Å². The Morgan fingerprint density at radius 1 is 1.44 bits per heavy atom. The van der Waals surface area contributed by atoms with Crippen molar-refractivity contribution in [3.05, 3.63) is 30.1 Å². The molecule has 96 valence electrons. The first-order chi connectivity index (χ1) is 8.54. The van der Waals surface area contributed by atoms with Crippen LogP contribution in [0.5, 0.6) is 5.75 Å². The minimum absolute atomic E-state index is 0.0802. The highest BCUT2D eigenvalue weighted by Gasteiger charge is 2.23. The molecule has 2 aromatic rings. The number of rotatable bonds is 4. The van der Waals surface area contributed by atoms with E-state index in [9.17, 15) is 4.79 Å². The van der Waals surface area contributed by atoms with Crippen molar-refractivity contribution in [2.24, 2.45) is 7.05 Å². The van der Waals surface area contributed by atoms with Gasteiger partial charge in [0.1, 0.15) is 5.69 Å². The molecule has 0 aliphatic heterocycles. The van der Waals surface area contributed by atoms with E-state index >= 15 is 0 Å². The largest absolute Gasteiger partial charge is 0.493 e. The lowest BCUT2D eigenvalue weighted by Crippen LogP contribution is -2.14. The van der Waals surface area contributed by atoms with E-state index in [1.807, 2.05) is 20.9 Å². The Morgan fingerprint density at radius 2 is 2.17 bits per heavy atom. The number of nitrogens with zero attached hydrogens (tertiary/aromatic N) is 4. The van der Waals surface area contributed by atoms with Crippen LogP contribution in [-0.4, -0.2) is 32.2 Å². The normalized spacial score (nSPS) is 10.9. The van der Waals surface area contributed by atoms with E-state index in [2.05, 4.69) is 10.1 Å². The van der Waals surface area contributed by atoms with Crippen LogP contribution in [0.1, 0.15) is 36.1 Å². The quantitative estimate of drug-likeness (QED) is 0.768. The summed E-state index contributed by atoms with van der Waals surface area (Å²) in [4.78, 5) is 16.5. The van der Waals surface area contributed by atoms with Gasteiger partial charge in [0.25, 0.3) is 0 Å². The SMILES string of the molecule is COc1cnn(C(C)C)c1C(=O)c1cn(C)cn1. The van der Waals surface area contributed by atoms with Crippen molar-refractivity contribution in [3.8, 4) is 5.75 Å². The fourth-order valence-corrected chi connectivity index (χ4v) is 1.75. The summed E-state index contributed by atoms with van der Waals surface area (Å²) in [5.74, 6) is 0.290. The predicted molar refractivity (Wildman–Crippen MR) is 65.8 cm³/mol. The van der Waals surface area contributed by atoms with Crippen molar-refractivity contribution in [2.75, 3.05) is 7.11 Å². The minimum Gasteiger partial charge on any atom is -0.493 e. The molecular weight excluding hydrogens is 232 g/mol. The van der Waals surface area contributed by atoms with Gasteiger partial charge in [-0.3, -0.25) is 9.48 Å². The summed E-state index contributed by atoms with van der Waals surface area (Å²) in [6.45, 7) is 3.92. The molecule has 0 aromatic carbocycles. The third-order valence-electron chi connectivity index (χ3n) is 2.62. The average Bonchev–Trinajstić information content (AvgIpc) is 2.93. The van der Waals surface area contributed by atoms with E-state index in [0.717, 1.165) is 0 Å². The number of aromatic nitrogens is 4. The molecule has 0 bridgehead atoms. The fourth-order valence-electron chi connectivity index (χ4n) is 1.75. The first kappa shape index (κ1) is 12.3. The lowest BCUT2D eigenvalue weighted by atomic mass is 10.2. The third-order valence-corrected chi connectivity index (χ3v) is 2.62. The maximum atomic E-state index is 12.4. The predicted octanol–water partition coefficient (Wildman–Crippen LogP) is 1.44. The molecule has 2 aromatic heterocycles. The molecule has 0 spiro atoms. The summed E-state index contributed by atoms with van der Waals surface area (Å²) in [6.07, 6.45) is 4.82. The van der Waals surface area contributed by atoms with Gasteiger partial charge in [0.2, 0.25) is 5.78 Å². The molecule has 6 heteroatoms. The summed E-state index contributed by atoms with van der Waals surface area (Å²) in [5.41, 5.74) is 0.824. The van der Waals surface area contributed by atoms with Crippen LogP contribution in [0.15, 0.2) is 18.7 Å². The van der Waals surface area contributed by atoms with Gasteiger partial charge in [-0.1, -0.05) is 0 Å². The van der Waals surface area contributed by atoms with Gasteiger partial charge >= 0.3 is 0 Å². The summed E-state index contributed by atoms with van der Waals surface area (Å²) < 4.78 is 8.57. The van der Waals surface area contributed by atoms with Crippen molar-refractivity contribution in [1.29, 1.82) is 0 Å². The lowest BCUT2D eigenvalue weighted by molar-refractivity contribution is 0.102. The Labute approximate surface area is 105 Å². The molecule has 0 amide bonds.